The topological polar surface area (TPSA) is 37.3 Å². The first-order chi connectivity index (χ1) is 7.26. The molecular weight excluding hydrogens is 212 g/mol. The summed E-state index contributed by atoms with van der Waals surface area (Å²) in [6.45, 7) is -0.0111. The molecule has 15 heavy (non-hydrogen) atoms. The quantitative estimate of drug-likeness (QED) is 0.781. The molecule has 0 aliphatic rings. The second kappa shape index (κ2) is 6.38. The Balaban J connectivity index is 2.62. The lowest BCUT2D eigenvalue weighted by Crippen LogP contribution is -2.02. The van der Waals surface area contributed by atoms with Crippen LogP contribution in [0.25, 0.3) is 6.08 Å². The molecule has 0 radical (unpaired) electrons. The Morgan fingerprint density at radius 2 is 2.00 bits per heavy atom. The maximum Gasteiger partial charge on any atom is 0.120 e. The zero-order valence-corrected chi connectivity index (χ0v) is 9.02. The van der Waals surface area contributed by atoms with Crippen LogP contribution in [0.5, 0.6) is 0 Å². The maximum atomic E-state index is 10.3. The van der Waals surface area contributed by atoms with Crippen molar-refractivity contribution in [3.05, 3.63) is 40.9 Å². The van der Waals surface area contributed by atoms with Crippen LogP contribution in [0.4, 0.5) is 0 Å². The molecular formula is C12H13ClO2. The van der Waals surface area contributed by atoms with Crippen LogP contribution < -0.4 is 0 Å². The molecule has 0 aliphatic heterocycles. The van der Waals surface area contributed by atoms with E-state index in [9.17, 15) is 4.79 Å². The van der Waals surface area contributed by atoms with E-state index in [2.05, 4.69) is 0 Å². The summed E-state index contributed by atoms with van der Waals surface area (Å²) in [5.41, 5.74) is 1.00. The van der Waals surface area contributed by atoms with Crippen LogP contribution >= 0.6 is 11.6 Å². The molecule has 0 heterocycles. The molecule has 1 N–H and O–H groups in total. The minimum Gasteiger partial charge on any atom is -0.396 e. The number of carbonyl (C=O) groups excluding carboxylic acids is 1. The number of hydrogen-bond donors (Lipinski definition) is 1. The van der Waals surface area contributed by atoms with Crippen molar-refractivity contribution in [1.82, 2.24) is 0 Å². The van der Waals surface area contributed by atoms with Crippen LogP contribution in [-0.4, -0.2) is 18.0 Å². The van der Waals surface area contributed by atoms with Gasteiger partial charge in [-0.05, 0) is 17.7 Å². The largest absolute Gasteiger partial charge is 0.396 e. The Labute approximate surface area is 94.2 Å². The zero-order valence-electron chi connectivity index (χ0n) is 8.27. The molecule has 1 unspecified atom stereocenters. The second-order valence-electron chi connectivity index (χ2n) is 3.26. The summed E-state index contributed by atoms with van der Waals surface area (Å²) < 4.78 is 0. The molecule has 0 aliphatic carbocycles. The Kier molecular flexibility index (Phi) is 5.08. The van der Waals surface area contributed by atoms with Crippen molar-refractivity contribution in [3.63, 3.8) is 0 Å². The molecule has 1 atom stereocenters. The highest BCUT2D eigenvalue weighted by Gasteiger charge is 2.00. The van der Waals surface area contributed by atoms with Gasteiger partial charge in [0.15, 0.2) is 0 Å². The number of aliphatic hydroxyl groups is 1. The first kappa shape index (κ1) is 12.0. The van der Waals surface area contributed by atoms with E-state index in [0.717, 1.165) is 11.8 Å². The van der Waals surface area contributed by atoms with Crippen LogP contribution in [0.3, 0.4) is 0 Å². The van der Waals surface area contributed by atoms with Gasteiger partial charge < -0.3 is 9.90 Å². The Bertz CT molecular complexity index is 330. The summed E-state index contributed by atoms with van der Waals surface area (Å²) in [5, 5.41) is 9.64. The number of benzene rings is 1. The van der Waals surface area contributed by atoms with Crippen LogP contribution in [0.15, 0.2) is 30.3 Å². The van der Waals surface area contributed by atoms with Gasteiger partial charge in [0.05, 0.1) is 0 Å². The van der Waals surface area contributed by atoms with Crippen molar-refractivity contribution < 1.29 is 9.90 Å². The predicted octanol–water partition coefficient (Wildman–Crippen LogP) is 2.55. The third-order valence-corrected chi connectivity index (χ3v) is 2.32. The number of hydrogen-bond acceptors (Lipinski definition) is 2. The van der Waals surface area contributed by atoms with E-state index in [1.165, 1.54) is 0 Å². The lowest BCUT2D eigenvalue weighted by molar-refractivity contribution is -0.108. The molecule has 0 saturated heterocycles. The van der Waals surface area contributed by atoms with Gasteiger partial charge in [-0.15, -0.1) is 0 Å². The number of halogens is 1. The normalized spacial score (nSPS) is 12.9. The second-order valence-corrected chi connectivity index (χ2v) is 3.69. The summed E-state index contributed by atoms with van der Waals surface area (Å²) >= 11 is 5.74. The third-order valence-electron chi connectivity index (χ3n) is 2.06. The van der Waals surface area contributed by atoms with Gasteiger partial charge in [0.25, 0.3) is 0 Å². The smallest absolute Gasteiger partial charge is 0.120 e. The average molecular weight is 225 g/mol. The Hall–Kier alpha value is -1.12. The van der Waals surface area contributed by atoms with Gasteiger partial charge in [0.1, 0.15) is 6.29 Å². The van der Waals surface area contributed by atoms with Gasteiger partial charge >= 0.3 is 0 Å². The van der Waals surface area contributed by atoms with Crippen LogP contribution in [0, 0.1) is 5.92 Å². The van der Waals surface area contributed by atoms with Gasteiger partial charge in [0.2, 0.25) is 0 Å². The fourth-order valence-electron chi connectivity index (χ4n) is 1.16. The molecule has 0 fully saturated rings. The summed E-state index contributed by atoms with van der Waals surface area (Å²) in [6.07, 6.45) is 4.87. The molecule has 1 aromatic carbocycles. The maximum absolute atomic E-state index is 10.3. The number of aldehydes is 1. The minimum atomic E-state index is -0.0989. The van der Waals surface area contributed by atoms with Crippen molar-refractivity contribution in [2.75, 3.05) is 6.61 Å². The molecule has 1 aromatic rings. The van der Waals surface area contributed by atoms with Crippen molar-refractivity contribution in [2.45, 2.75) is 6.42 Å². The molecule has 0 bridgehead atoms. The van der Waals surface area contributed by atoms with Crippen molar-refractivity contribution >= 4 is 24.0 Å². The summed E-state index contributed by atoms with van der Waals surface area (Å²) in [5.74, 6) is -0.0989. The molecule has 0 spiro atoms. The minimum absolute atomic E-state index is 0.0111. The zero-order chi connectivity index (χ0) is 11.1. The SMILES string of the molecule is O=CCC(/C=C/c1ccc(Cl)cc1)CO. The van der Waals surface area contributed by atoms with Crippen molar-refractivity contribution in [3.8, 4) is 0 Å². The molecule has 1 rings (SSSR count). The molecule has 3 heteroatoms. The van der Waals surface area contributed by atoms with E-state index in [0.29, 0.717) is 11.4 Å². The van der Waals surface area contributed by atoms with Gasteiger partial charge in [-0.1, -0.05) is 35.9 Å². The fourth-order valence-corrected chi connectivity index (χ4v) is 1.28. The first-order valence-corrected chi connectivity index (χ1v) is 5.12. The van der Waals surface area contributed by atoms with Crippen molar-refractivity contribution in [1.29, 1.82) is 0 Å². The summed E-state index contributed by atoms with van der Waals surface area (Å²) in [4.78, 5) is 10.3. The standard InChI is InChI=1S/C12H13ClO2/c13-12-5-3-10(4-6-12)1-2-11(9-15)7-8-14/h1-6,8,11,15H,7,9H2/b2-1+. The highest BCUT2D eigenvalue weighted by molar-refractivity contribution is 6.30. The fraction of sp³-hybridized carbons (Fsp3) is 0.250. The molecule has 2 nitrogen and oxygen atoms in total. The summed E-state index contributed by atoms with van der Waals surface area (Å²) in [6, 6.07) is 7.37. The average Bonchev–Trinajstić information content (AvgIpc) is 2.26. The lowest BCUT2D eigenvalue weighted by atomic mass is 10.1. The van der Waals surface area contributed by atoms with E-state index in [-0.39, 0.29) is 12.5 Å². The molecule has 80 valence electrons. The van der Waals surface area contributed by atoms with E-state index in [1.54, 1.807) is 12.1 Å². The van der Waals surface area contributed by atoms with Gasteiger partial charge in [0, 0.05) is 24.0 Å². The van der Waals surface area contributed by atoms with E-state index in [1.807, 2.05) is 24.3 Å². The summed E-state index contributed by atoms with van der Waals surface area (Å²) in [7, 11) is 0. The third kappa shape index (κ3) is 4.28. The molecule has 0 saturated carbocycles. The lowest BCUT2D eigenvalue weighted by Gasteiger charge is -2.03. The number of rotatable bonds is 5. The van der Waals surface area contributed by atoms with Gasteiger partial charge in [-0.25, -0.2) is 0 Å². The van der Waals surface area contributed by atoms with E-state index < -0.39 is 0 Å². The first-order valence-electron chi connectivity index (χ1n) is 4.74. The van der Waals surface area contributed by atoms with E-state index >= 15 is 0 Å². The number of aliphatic hydroxyl groups excluding tert-OH is 1. The Morgan fingerprint density at radius 1 is 1.33 bits per heavy atom. The Morgan fingerprint density at radius 3 is 2.53 bits per heavy atom. The van der Waals surface area contributed by atoms with Gasteiger partial charge in [-0.3, -0.25) is 0 Å². The monoisotopic (exact) mass is 224 g/mol. The van der Waals surface area contributed by atoms with Crippen molar-refractivity contribution in [2.24, 2.45) is 5.92 Å². The van der Waals surface area contributed by atoms with Crippen LogP contribution in [0.2, 0.25) is 5.02 Å². The molecule has 0 aromatic heterocycles. The van der Waals surface area contributed by atoms with Crippen LogP contribution in [0.1, 0.15) is 12.0 Å². The molecule has 0 amide bonds. The van der Waals surface area contributed by atoms with Gasteiger partial charge in [-0.2, -0.15) is 0 Å². The number of carbonyl (C=O) groups is 1. The van der Waals surface area contributed by atoms with E-state index in [4.69, 9.17) is 16.7 Å². The predicted molar refractivity (Wildman–Crippen MR) is 61.7 cm³/mol. The highest BCUT2D eigenvalue weighted by atomic mass is 35.5. The van der Waals surface area contributed by atoms with Crippen LogP contribution in [-0.2, 0) is 4.79 Å². The highest BCUT2D eigenvalue weighted by Crippen LogP contribution is 2.12.